The van der Waals surface area contributed by atoms with E-state index in [1.165, 1.54) is 13.8 Å². The van der Waals surface area contributed by atoms with Gasteiger partial charge in [0.15, 0.2) is 0 Å². The third kappa shape index (κ3) is 8.24. The number of carbonyl (C=O) groups is 2. The number of carboxylic acid groups (broad SMARTS) is 1. The Balaban J connectivity index is 1.87. The Hall–Kier alpha value is -4.57. The zero-order chi connectivity index (χ0) is 37.2. The molecule has 0 saturated carbocycles. The molecule has 268 valence electrons. The van der Waals surface area contributed by atoms with Crippen LogP contribution in [0.25, 0.3) is 11.1 Å². The number of benzene rings is 2. The molecule has 1 aliphatic heterocycles. The van der Waals surface area contributed by atoms with Gasteiger partial charge < -0.3 is 19.9 Å². The van der Waals surface area contributed by atoms with E-state index in [1.807, 2.05) is 11.9 Å². The van der Waals surface area contributed by atoms with E-state index in [0.717, 1.165) is 29.0 Å². The molecule has 13 heteroatoms. The van der Waals surface area contributed by atoms with Crippen molar-refractivity contribution in [3.8, 4) is 23.5 Å². The number of halogens is 6. The quantitative estimate of drug-likeness (QED) is 0.171. The minimum absolute atomic E-state index is 0.0794. The first-order valence-corrected chi connectivity index (χ1v) is 16.1. The molecule has 0 bridgehead atoms. The fourth-order valence-electron chi connectivity index (χ4n) is 6.78. The highest BCUT2D eigenvalue weighted by molar-refractivity contribution is 5.83. The third-order valence-corrected chi connectivity index (χ3v) is 9.11. The minimum atomic E-state index is -4.85. The molecule has 50 heavy (non-hydrogen) atoms. The Morgan fingerprint density at radius 3 is 2.16 bits per heavy atom. The Labute approximate surface area is 286 Å². The number of nitrogens with zero attached hydrogens (tertiary/aromatic N) is 2. The number of piperidine rings is 1. The fraction of sp³-hybridized carbons (Fsp3) is 0.432. The maximum atomic E-state index is 16.6. The van der Waals surface area contributed by atoms with Crippen LogP contribution in [0.2, 0.25) is 0 Å². The number of carbonyl (C=O) groups excluding carboxylic acids is 1. The van der Waals surface area contributed by atoms with E-state index in [2.05, 4.69) is 11.2 Å². The second kappa shape index (κ2) is 15.1. The molecule has 1 saturated heterocycles. The number of hydrogen-bond acceptors (Lipinski definition) is 4. The largest absolute Gasteiger partial charge is 0.481 e. The van der Waals surface area contributed by atoms with Crippen LogP contribution >= 0.6 is 0 Å². The number of amides is 1. The summed E-state index contributed by atoms with van der Waals surface area (Å²) in [5, 5.41) is 12.1. The highest BCUT2D eigenvalue weighted by Crippen LogP contribution is 2.40. The molecule has 2 unspecified atom stereocenters. The van der Waals surface area contributed by atoms with E-state index in [0.29, 0.717) is 32.0 Å². The number of alkyl halides is 3. The highest BCUT2D eigenvalue weighted by Gasteiger charge is 2.39. The Morgan fingerprint density at radius 2 is 1.64 bits per heavy atom. The van der Waals surface area contributed by atoms with Crippen LogP contribution in [0.4, 0.5) is 26.3 Å². The molecular weight excluding hydrogens is 664 g/mol. The summed E-state index contributed by atoms with van der Waals surface area (Å²) in [7, 11) is 1.84. The molecule has 1 aliphatic rings. The molecule has 4 rings (SSSR count). The number of carboxylic acids is 1. The maximum Gasteiger partial charge on any atom is 0.416 e. The second-order valence-corrected chi connectivity index (χ2v) is 13.3. The molecular formula is C37H39F6N3O4. The first-order valence-electron chi connectivity index (χ1n) is 16.1. The molecule has 2 atom stereocenters. The normalized spacial score (nSPS) is 15.5. The predicted molar refractivity (Wildman–Crippen MR) is 176 cm³/mol. The number of pyridine rings is 1. The number of aromatic nitrogens is 1. The SMILES string of the molecule is C#Cc1cc(F)c(C(CC(=O)O)NC(=O)C(CC(C)C)n2cc(C3CCN(C)CC3)c(C(F)(F)F)cc2=O)c(F)c1-c1c(C)cc(F)cc1C. The van der Waals surface area contributed by atoms with Gasteiger partial charge in [-0.15, -0.1) is 6.42 Å². The van der Waals surface area contributed by atoms with Crippen LogP contribution < -0.4 is 10.9 Å². The number of likely N-dealkylation sites (tertiary alicyclic amines) is 1. The van der Waals surface area contributed by atoms with Crippen molar-refractivity contribution in [2.75, 3.05) is 20.1 Å². The van der Waals surface area contributed by atoms with Crippen molar-refractivity contribution in [1.82, 2.24) is 14.8 Å². The maximum absolute atomic E-state index is 16.6. The van der Waals surface area contributed by atoms with E-state index < -0.39 is 76.6 Å². The van der Waals surface area contributed by atoms with Crippen molar-refractivity contribution in [3.05, 3.63) is 91.6 Å². The van der Waals surface area contributed by atoms with Gasteiger partial charge in [0.1, 0.15) is 23.5 Å². The van der Waals surface area contributed by atoms with Gasteiger partial charge in [-0.3, -0.25) is 14.4 Å². The van der Waals surface area contributed by atoms with Crippen molar-refractivity contribution in [2.24, 2.45) is 5.92 Å². The average Bonchev–Trinajstić information content (AvgIpc) is 2.99. The van der Waals surface area contributed by atoms with Gasteiger partial charge in [-0.2, -0.15) is 13.2 Å². The molecule has 2 N–H and O–H groups in total. The summed E-state index contributed by atoms with van der Waals surface area (Å²) in [6, 6.07) is 0.208. The van der Waals surface area contributed by atoms with Gasteiger partial charge in [-0.1, -0.05) is 19.8 Å². The lowest BCUT2D eigenvalue weighted by atomic mass is 9.87. The molecule has 3 aromatic rings. The van der Waals surface area contributed by atoms with E-state index in [9.17, 15) is 37.1 Å². The van der Waals surface area contributed by atoms with Crippen LogP contribution in [-0.4, -0.2) is 46.6 Å². The molecule has 1 fully saturated rings. The van der Waals surface area contributed by atoms with Gasteiger partial charge >= 0.3 is 12.1 Å². The average molecular weight is 704 g/mol. The lowest BCUT2D eigenvalue weighted by molar-refractivity contribution is -0.139. The molecule has 1 aromatic heterocycles. The minimum Gasteiger partial charge on any atom is -0.481 e. The van der Waals surface area contributed by atoms with Crippen LogP contribution in [0, 0.1) is 49.6 Å². The molecule has 2 aromatic carbocycles. The fourth-order valence-corrected chi connectivity index (χ4v) is 6.78. The number of terminal acetylenes is 1. The van der Waals surface area contributed by atoms with Crippen molar-refractivity contribution in [2.45, 2.75) is 77.6 Å². The van der Waals surface area contributed by atoms with E-state index >= 15 is 8.78 Å². The van der Waals surface area contributed by atoms with Crippen LogP contribution in [0.5, 0.6) is 0 Å². The summed E-state index contributed by atoms with van der Waals surface area (Å²) in [5.41, 5.74) is -3.09. The van der Waals surface area contributed by atoms with E-state index in [-0.39, 0.29) is 45.7 Å². The summed E-state index contributed by atoms with van der Waals surface area (Å²) < 4.78 is 90.0. The second-order valence-electron chi connectivity index (χ2n) is 13.3. The van der Waals surface area contributed by atoms with Crippen molar-refractivity contribution < 1.29 is 41.0 Å². The lowest BCUT2D eigenvalue weighted by Gasteiger charge is -2.32. The summed E-state index contributed by atoms with van der Waals surface area (Å²) in [6.07, 6.45) is 1.45. The van der Waals surface area contributed by atoms with Crippen LogP contribution in [0.15, 0.2) is 35.3 Å². The van der Waals surface area contributed by atoms with Gasteiger partial charge in [0.05, 0.1) is 18.0 Å². The first-order chi connectivity index (χ1) is 23.3. The first kappa shape index (κ1) is 38.2. The predicted octanol–water partition coefficient (Wildman–Crippen LogP) is 7.28. The van der Waals surface area contributed by atoms with Crippen molar-refractivity contribution >= 4 is 11.9 Å². The number of aryl methyl sites for hydroxylation is 2. The van der Waals surface area contributed by atoms with Crippen LogP contribution in [0.1, 0.15) is 90.9 Å². The molecule has 2 heterocycles. The Bertz CT molecular complexity index is 1860. The van der Waals surface area contributed by atoms with E-state index in [4.69, 9.17) is 6.42 Å². The topological polar surface area (TPSA) is 91.6 Å². The zero-order valence-electron chi connectivity index (χ0n) is 28.4. The third-order valence-electron chi connectivity index (χ3n) is 9.11. The number of rotatable bonds is 10. The van der Waals surface area contributed by atoms with Gasteiger partial charge in [0, 0.05) is 29.0 Å². The molecule has 1 amide bonds. The van der Waals surface area contributed by atoms with Gasteiger partial charge in [-0.25, -0.2) is 13.2 Å². The molecule has 7 nitrogen and oxygen atoms in total. The zero-order valence-corrected chi connectivity index (χ0v) is 28.4. The van der Waals surface area contributed by atoms with Crippen LogP contribution in [-0.2, 0) is 15.8 Å². The number of hydrogen-bond donors (Lipinski definition) is 2. The summed E-state index contributed by atoms with van der Waals surface area (Å²) in [6.45, 7) is 7.43. The molecule has 0 aliphatic carbocycles. The summed E-state index contributed by atoms with van der Waals surface area (Å²) in [5.74, 6) is -4.38. The van der Waals surface area contributed by atoms with Gasteiger partial charge in [-0.05, 0) is 106 Å². The molecule has 0 radical (unpaired) electrons. The van der Waals surface area contributed by atoms with E-state index in [1.54, 1.807) is 13.8 Å². The van der Waals surface area contributed by atoms with Gasteiger partial charge in [0.25, 0.3) is 5.56 Å². The number of nitrogens with one attached hydrogen (secondary N) is 1. The number of aliphatic carboxylic acids is 1. The lowest BCUT2D eigenvalue weighted by Crippen LogP contribution is -2.41. The van der Waals surface area contributed by atoms with Crippen molar-refractivity contribution in [3.63, 3.8) is 0 Å². The standard InChI is InChI=1S/C37H39F6N3O4/c1-7-22-15-27(39)34(35(40)33(22)32-20(4)13-24(38)14-21(32)5)28(17-31(48)49)44-36(50)29(12-19(2)3)46-18-25(23-8-10-45(6)11-9-23)26(16-30(46)47)37(41,42)43/h1,13-16,18-19,23,28-29H,8-12,17H2,2-6H3,(H,44,50)(H,48,49). The highest BCUT2D eigenvalue weighted by atomic mass is 19.4. The Morgan fingerprint density at radius 1 is 1.04 bits per heavy atom. The smallest absolute Gasteiger partial charge is 0.416 e. The summed E-state index contributed by atoms with van der Waals surface area (Å²) in [4.78, 5) is 41.4. The summed E-state index contributed by atoms with van der Waals surface area (Å²) >= 11 is 0. The molecule has 0 spiro atoms. The van der Waals surface area contributed by atoms with Crippen LogP contribution in [0.3, 0.4) is 0 Å². The Kier molecular flexibility index (Phi) is 11.6. The van der Waals surface area contributed by atoms with Gasteiger partial charge in [0.2, 0.25) is 5.91 Å². The monoisotopic (exact) mass is 703 g/mol. The van der Waals surface area contributed by atoms with Crippen molar-refractivity contribution in [1.29, 1.82) is 0 Å².